The van der Waals surface area contributed by atoms with E-state index in [9.17, 15) is 13.6 Å². The van der Waals surface area contributed by atoms with E-state index in [0.29, 0.717) is 17.1 Å². The van der Waals surface area contributed by atoms with Crippen LogP contribution in [0.3, 0.4) is 0 Å². The van der Waals surface area contributed by atoms with Gasteiger partial charge in [-0.3, -0.25) is 4.79 Å². The molecule has 3 aromatic rings. The lowest BCUT2D eigenvalue weighted by molar-refractivity contribution is 0.104. The molecule has 5 heteroatoms. The molecule has 0 bridgehead atoms. The molecule has 0 saturated heterocycles. The predicted molar refractivity (Wildman–Crippen MR) is 93.9 cm³/mol. The van der Waals surface area contributed by atoms with Crippen LogP contribution in [-0.4, -0.2) is 5.78 Å². The number of ketones is 1. The van der Waals surface area contributed by atoms with E-state index in [1.165, 1.54) is 12.1 Å². The molecule has 0 amide bonds. The van der Waals surface area contributed by atoms with Crippen molar-refractivity contribution in [1.29, 1.82) is 0 Å². The quantitative estimate of drug-likeness (QED) is 0.443. The van der Waals surface area contributed by atoms with Crippen molar-refractivity contribution >= 4 is 11.9 Å². The van der Waals surface area contributed by atoms with Crippen LogP contribution < -0.4 is 4.74 Å². The van der Waals surface area contributed by atoms with Gasteiger partial charge in [0.25, 0.3) is 0 Å². The van der Waals surface area contributed by atoms with Gasteiger partial charge in [0.2, 0.25) is 0 Å². The lowest BCUT2D eigenvalue weighted by Crippen LogP contribution is -1.96. The van der Waals surface area contributed by atoms with Gasteiger partial charge in [0.15, 0.2) is 17.3 Å². The molecule has 0 saturated carbocycles. The van der Waals surface area contributed by atoms with Crippen LogP contribution in [0.15, 0.2) is 65.1 Å². The summed E-state index contributed by atoms with van der Waals surface area (Å²) in [5, 5.41) is 0. The Labute approximate surface area is 149 Å². The highest BCUT2D eigenvalue weighted by Crippen LogP contribution is 2.20. The molecule has 0 aliphatic rings. The number of furan rings is 1. The van der Waals surface area contributed by atoms with E-state index < -0.39 is 11.6 Å². The Morgan fingerprint density at radius 3 is 2.58 bits per heavy atom. The highest BCUT2D eigenvalue weighted by Gasteiger charge is 2.07. The van der Waals surface area contributed by atoms with Crippen molar-refractivity contribution in [1.82, 2.24) is 0 Å². The fraction of sp³-hybridized carbons (Fsp3) is 0.0952. The van der Waals surface area contributed by atoms with Crippen molar-refractivity contribution in [3.8, 4) is 5.75 Å². The molecule has 0 aliphatic carbocycles. The van der Waals surface area contributed by atoms with Crippen molar-refractivity contribution in [2.45, 2.75) is 13.5 Å². The second-order valence-corrected chi connectivity index (χ2v) is 5.73. The second-order valence-electron chi connectivity index (χ2n) is 5.73. The smallest absolute Gasteiger partial charge is 0.185 e. The number of ether oxygens (including phenoxy) is 1. The Kier molecular flexibility index (Phi) is 5.27. The summed E-state index contributed by atoms with van der Waals surface area (Å²) in [5.41, 5.74) is 1.67. The zero-order chi connectivity index (χ0) is 18.5. The zero-order valence-electron chi connectivity index (χ0n) is 14.0. The third-order valence-electron chi connectivity index (χ3n) is 3.68. The maximum Gasteiger partial charge on any atom is 0.185 e. The fourth-order valence-electron chi connectivity index (χ4n) is 2.27. The average molecular weight is 354 g/mol. The van der Waals surface area contributed by atoms with E-state index in [2.05, 4.69) is 0 Å². The molecule has 0 spiro atoms. The standard InChI is InChI=1S/C21H16F2O3/c1-14-2-4-15(5-3-14)20(24)10-9-17-7-8-18(26-17)13-25-21-11-6-16(22)12-19(21)23/h2-12H,13H2,1H3/b10-9+. The molecular weight excluding hydrogens is 338 g/mol. The van der Waals surface area contributed by atoms with E-state index in [0.717, 1.165) is 17.7 Å². The first-order chi connectivity index (χ1) is 12.5. The van der Waals surface area contributed by atoms with Gasteiger partial charge in [-0.15, -0.1) is 0 Å². The Morgan fingerprint density at radius 1 is 1.08 bits per heavy atom. The Hall–Kier alpha value is -3.21. The van der Waals surface area contributed by atoms with Crippen LogP contribution in [0.25, 0.3) is 6.08 Å². The number of halogens is 2. The molecule has 3 nitrogen and oxygen atoms in total. The van der Waals surface area contributed by atoms with Gasteiger partial charge in [-0.05, 0) is 43.3 Å². The van der Waals surface area contributed by atoms with E-state index >= 15 is 0 Å². The topological polar surface area (TPSA) is 39.4 Å². The van der Waals surface area contributed by atoms with Gasteiger partial charge in [0.1, 0.15) is 23.9 Å². The SMILES string of the molecule is Cc1ccc(C(=O)/C=C/c2ccc(COc3ccc(F)cc3F)o2)cc1. The summed E-state index contributed by atoms with van der Waals surface area (Å²) in [4.78, 5) is 12.1. The number of hydrogen-bond acceptors (Lipinski definition) is 3. The summed E-state index contributed by atoms with van der Waals surface area (Å²) in [6.07, 6.45) is 2.98. The molecule has 3 rings (SSSR count). The summed E-state index contributed by atoms with van der Waals surface area (Å²) >= 11 is 0. The molecule has 132 valence electrons. The third kappa shape index (κ3) is 4.45. The summed E-state index contributed by atoms with van der Waals surface area (Å²) in [7, 11) is 0. The lowest BCUT2D eigenvalue weighted by Gasteiger charge is -2.05. The van der Waals surface area contributed by atoms with Crippen LogP contribution in [0.4, 0.5) is 8.78 Å². The van der Waals surface area contributed by atoms with E-state index in [1.807, 2.05) is 19.1 Å². The van der Waals surface area contributed by atoms with E-state index in [1.54, 1.807) is 30.3 Å². The van der Waals surface area contributed by atoms with Gasteiger partial charge in [-0.1, -0.05) is 29.8 Å². The summed E-state index contributed by atoms with van der Waals surface area (Å²) in [6.45, 7) is 1.94. The molecule has 1 aromatic heterocycles. The van der Waals surface area contributed by atoms with Crippen molar-refractivity contribution in [2.75, 3.05) is 0 Å². The monoisotopic (exact) mass is 354 g/mol. The first kappa shape index (κ1) is 17.6. The van der Waals surface area contributed by atoms with Crippen LogP contribution in [0.1, 0.15) is 27.4 Å². The minimum absolute atomic E-state index is 0.0116. The maximum absolute atomic E-state index is 13.5. The fourth-order valence-corrected chi connectivity index (χ4v) is 2.27. The number of hydrogen-bond donors (Lipinski definition) is 0. The molecule has 0 atom stereocenters. The molecule has 0 aliphatic heterocycles. The molecule has 26 heavy (non-hydrogen) atoms. The zero-order valence-corrected chi connectivity index (χ0v) is 14.0. The van der Waals surface area contributed by atoms with Crippen molar-refractivity contribution in [3.63, 3.8) is 0 Å². The van der Waals surface area contributed by atoms with Crippen LogP contribution in [0.2, 0.25) is 0 Å². The van der Waals surface area contributed by atoms with Crippen molar-refractivity contribution in [3.05, 3.63) is 95.0 Å². The first-order valence-electron chi connectivity index (χ1n) is 7.97. The van der Waals surface area contributed by atoms with Crippen molar-refractivity contribution in [2.24, 2.45) is 0 Å². The third-order valence-corrected chi connectivity index (χ3v) is 3.68. The summed E-state index contributed by atoms with van der Waals surface area (Å²) < 4.78 is 37.2. The first-order valence-corrected chi connectivity index (χ1v) is 7.97. The number of aryl methyl sites for hydroxylation is 1. The Morgan fingerprint density at radius 2 is 1.85 bits per heavy atom. The molecule has 0 fully saturated rings. The average Bonchev–Trinajstić information content (AvgIpc) is 3.07. The number of carbonyl (C=O) groups excluding carboxylic acids is 1. The van der Waals surface area contributed by atoms with Gasteiger partial charge in [0, 0.05) is 11.6 Å². The van der Waals surface area contributed by atoms with Crippen molar-refractivity contribution < 1.29 is 22.7 Å². The Balaban J connectivity index is 1.60. The molecule has 0 N–H and O–H groups in total. The molecule has 1 heterocycles. The predicted octanol–water partition coefficient (Wildman–Crippen LogP) is 5.34. The van der Waals surface area contributed by atoms with Gasteiger partial charge >= 0.3 is 0 Å². The van der Waals surface area contributed by atoms with Crippen LogP contribution >= 0.6 is 0 Å². The molecule has 2 aromatic carbocycles. The summed E-state index contributed by atoms with van der Waals surface area (Å²) in [5.74, 6) is -0.708. The minimum Gasteiger partial charge on any atom is -0.483 e. The van der Waals surface area contributed by atoms with E-state index in [-0.39, 0.29) is 18.1 Å². The van der Waals surface area contributed by atoms with Gasteiger partial charge in [-0.2, -0.15) is 0 Å². The van der Waals surface area contributed by atoms with Crippen LogP contribution in [-0.2, 0) is 6.61 Å². The molecular formula is C21H16F2O3. The van der Waals surface area contributed by atoms with Gasteiger partial charge < -0.3 is 9.15 Å². The number of carbonyl (C=O) groups is 1. The molecule has 0 unspecified atom stereocenters. The number of rotatable bonds is 6. The lowest BCUT2D eigenvalue weighted by atomic mass is 10.1. The maximum atomic E-state index is 13.5. The van der Waals surface area contributed by atoms with E-state index in [4.69, 9.17) is 9.15 Å². The van der Waals surface area contributed by atoms with Crippen LogP contribution in [0, 0.1) is 18.6 Å². The summed E-state index contributed by atoms with van der Waals surface area (Å²) in [6, 6.07) is 13.7. The Bertz CT molecular complexity index is 940. The highest BCUT2D eigenvalue weighted by molar-refractivity contribution is 6.06. The normalized spacial score (nSPS) is 11.0. The number of allylic oxidation sites excluding steroid dienone is 1. The van der Waals surface area contributed by atoms with Gasteiger partial charge in [-0.25, -0.2) is 8.78 Å². The van der Waals surface area contributed by atoms with Crippen LogP contribution in [0.5, 0.6) is 5.75 Å². The second kappa shape index (κ2) is 7.78. The minimum atomic E-state index is -0.777. The molecule has 0 radical (unpaired) electrons. The van der Waals surface area contributed by atoms with Gasteiger partial charge in [0.05, 0.1) is 0 Å². The largest absolute Gasteiger partial charge is 0.483 e. The highest BCUT2D eigenvalue weighted by atomic mass is 19.1. The number of benzene rings is 2.